The Bertz CT molecular complexity index is 525. The molecule has 1 unspecified atom stereocenters. The Morgan fingerprint density at radius 1 is 1.41 bits per heavy atom. The van der Waals surface area contributed by atoms with Crippen LogP contribution < -0.4 is 5.32 Å². The van der Waals surface area contributed by atoms with Gasteiger partial charge in [-0.15, -0.1) is 0 Å². The van der Waals surface area contributed by atoms with Gasteiger partial charge >= 0.3 is 0 Å². The zero-order valence-corrected chi connectivity index (χ0v) is 13.5. The Hall–Kier alpha value is -1.98. The maximum atomic E-state index is 12.0. The molecular formula is C16H24N4O2. The van der Waals surface area contributed by atoms with Crippen LogP contribution in [0.15, 0.2) is 18.6 Å². The van der Waals surface area contributed by atoms with E-state index in [2.05, 4.69) is 36.1 Å². The number of nitrogens with one attached hydrogen (secondary N) is 1. The molecule has 2 amide bonds. The van der Waals surface area contributed by atoms with Crippen molar-refractivity contribution in [3.8, 4) is 0 Å². The number of rotatable bonds is 5. The Morgan fingerprint density at radius 3 is 2.82 bits per heavy atom. The van der Waals surface area contributed by atoms with Crippen LogP contribution in [0.25, 0.3) is 0 Å². The SMILES string of the molecule is CC(C)(C)CN1CC(NC(=O)CCc2cnccn2)CC1=O. The summed E-state index contributed by atoms with van der Waals surface area (Å²) < 4.78 is 0. The van der Waals surface area contributed by atoms with E-state index in [9.17, 15) is 9.59 Å². The van der Waals surface area contributed by atoms with Crippen LogP contribution in [0.1, 0.15) is 39.3 Å². The Balaban J connectivity index is 1.77. The molecule has 2 heterocycles. The summed E-state index contributed by atoms with van der Waals surface area (Å²) in [5.74, 6) is 0.0789. The molecular weight excluding hydrogens is 280 g/mol. The number of aromatic nitrogens is 2. The number of aryl methyl sites for hydroxylation is 1. The molecule has 2 rings (SSSR count). The van der Waals surface area contributed by atoms with Crippen molar-refractivity contribution in [2.24, 2.45) is 5.41 Å². The molecule has 1 atom stereocenters. The summed E-state index contributed by atoms with van der Waals surface area (Å²) in [5.41, 5.74) is 0.870. The van der Waals surface area contributed by atoms with Crippen LogP contribution in [0, 0.1) is 5.41 Å². The van der Waals surface area contributed by atoms with Gasteiger partial charge in [-0.3, -0.25) is 19.6 Å². The van der Waals surface area contributed by atoms with Gasteiger partial charge < -0.3 is 10.2 Å². The van der Waals surface area contributed by atoms with Gasteiger partial charge in [0.05, 0.1) is 11.7 Å². The van der Waals surface area contributed by atoms with Gasteiger partial charge in [-0.25, -0.2) is 0 Å². The highest BCUT2D eigenvalue weighted by molar-refractivity contribution is 5.82. The fourth-order valence-corrected chi connectivity index (χ4v) is 2.59. The first-order chi connectivity index (χ1) is 10.3. The Morgan fingerprint density at radius 2 is 2.18 bits per heavy atom. The number of amides is 2. The third-order valence-electron chi connectivity index (χ3n) is 3.47. The molecule has 22 heavy (non-hydrogen) atoms. The lowest BCUT2D eigenvalue weighted by Gasteiger charge is -2.26. The molecule has 0 spiro atoms. The second-order valence-electron chi connectivity index (χ2n) is 7.00. The lowest BCUT2D eigenvalue weighted by Crippen LogP contribution is -2.39. The lowest BCUT2D eigenvalue weighted by atomic mass is 9.96. The Kier molecular flexibility index (Phi) is 5.11. The normalized spacial score (nSPS) is 18.6. The van der Waals surface area contributed by atoms with Gasteiger partial charge in [-0.1, -0.05) is 20.8 Å². The minimum atomic E-state index is -0.0794. The molecule has 0 aliphatic carbocycles. The van der Waals surface area contributed by atoms with Crippen LogP contribution in [0.2, 0.25) is 0 Å². The molecule has 6 heteroatoms. The van der Waals surface area contributed by atoms with E-state index in [0.717, 1.165) is 12.2 Å². The van der Waals surface area contributed by atoms with E-state index >= 15 is 0 Å². The first-order valence-corrected chi connectivity index (χ1v) is 7.65. The van der Waals surface area contributed by atoms with Crippen molar-refractivity contribution < 1.29 is 9.59 Å². The number of carbonyl (C=O) groups is 2. The smallest absolute Gasteiger partial charge is 0.224 e. The van der Waals surface area contributed by atoms with Crippen LogP contribution in [-0.4, -0.2) is 45.8 Å². The van der Waals surface area contributed by atoms with Gasteiger partial charge in [0.15, 0.2) is 0 Å². The number of nitrogens with zero attached hydrogens (tertiary/aromatic N) is 3. The maximum absolute atomic E-state index is 12.0. The topological polar surface area (TPSA) is 75.2 Å². The molecule has 0 bridgehead atoms. The van der Waals surface area contributed by atoms with Crippen LogP contribution in [0.4, 0.5) is 0 Å². The summed E-state index contributed by atoms with van der Waals surface area (Å²) in [5, 5.41) is 2.95. The predicted octanol–water partition coefficient (Wildman–Crippen LogP) is 1.17. The third kappa shape index (κ3) is 5.09. The number of carbonyl (C=O) groups excluding carboxylic acids is 2. The second kappa shape index (κ2) is 6.85. The second-order valence-corrected chi connectivity index (χ2v) is 7.00. The largest absolute Gasteiger partial charge is 0.351 e. The van der Waals surface area contributed by atoms with Gasteiger partial charge in [-0.2, -0.15) is 0 Å². The van der Waals surface area contributed by atoms with Crippen molar-refractivity contribution in [2.45, 2.75) is 46.1 Å². The Labute approximate surface area is 131 Å². The average Bonchev–Trinajstić information content (AvgIpc) is 2.75. The van der Waals surface area contributed by atoms with Crippen molar-refractivity contribution >= 4 is 11.8 Å². The minimum absolute atomic E-state index is 0.0407. The molecule has 1 fully saturated rings. The molecule has 1 aromatic rings. The van der Waals surface area contributed by atoms with E-state index in [1.165, 1.54) is 0 Å². The molecule has 1 N–H and O–H groups in total. The molecule has 0 saturated carbocycles. The van der Waals surface area contributed by atoms with Crippen molar-refractivity contribution in [3.63, 3.8) is 0 Å². The van der Waals surface area contributed by atoms with Crippen molar-refractivity contribution in [1.82, 2.24) is 20.2 Å². The highest BCUT2D eigenvalue weighted by atomic mass is 16.2. The van der Waals surface area contributed by atoms with Crippen LogP contribution in [0.5, 0.6) is 0 Å². The zero-order chi connectivity index (χ0) is 16.2. The van der Waals surface area contributed by atoms with E-state index < -0.39 is 0 Å². The standard InChI is InChI=1S/C16H24N4O2/c1-16(2,3)11-20-10-13(8-15(20)22)19-14(21)5-4-12-9-17-6-7-18-12/h6-7,9,13H,4-5,8,10-11H2,1-3H3,(H,19,21). The van der Waals surface area contributed by atoms with Gasteiger partial charge in [-0.05, 0) is 11.8 Å². The van der Waals surface area contributed by atoms with Crippen LogP contribution >= 0.6 is 0 Å². The fraction of sp³-hybridized carbons (Fsp3) is 0.625. The highest BCUT2D eigenvalue weighted by Crippen LogP contribution is 2.20. The fourth-order valence-electron chi connectivity index (χ4n) is 2.59. The molecule has 0 aromatic carbocycles. The van der Waals surface area contributed by atoms with E-state index in [-0.39, 0.29) is 23.3 Å². The van der Waals surface area contributed by atoms with Gasteiger partial charge in [0.1, 0.15) is 0 Å². The van der Waals surface area contributed by atoms with Crippen LogP contribution in [-0.2, 0) is 16.0 Å². The summed E-state index contributed by atoms with van der Waals surface area (Å²) in [4.78, 5) is 33.9. The number of hydrogen-bond acceptors (Lipinski definition) is 4. The average molecular weight is 304 g/mol. The molecule has 0 radical (unpaired) electrons. The van der Waals surface area contributed by atoms with Crippen molar-refractivity contribution in [1.29, 1.82) is 0 Å². The summed E-state index contributed by atoms with van der Waals surface area (Å²) in [7, 11) is 0. The molecule has 6 nitrogen and oxygen atoms in total. The summed E-state index contributed by atoms with van der Waals surface area (Å²) >= 11 is 0. The van der Waals surface area contributed by atoms with Gasteiger partial charge in [0, 0.05) is 44.5 Å². The predicted molar refractivity (Wildman–Crippen MR) is 82.9 cm³/mol. The minimum Gasteiger partial charge on any atom is -0.351 e. The number of hydrogen-bond donors (Lipinski definition) is 1. The van der Waals surface area contributed by atoms with E-state index in [1.54, 1.807) is 18.6 Å². The summed E-state index contributed by atoms with van der Waals surface area (Å²) in [6.07, 6.45) is 6.21. The first-order valence-electron chi connectivity index (χ1n) is 7.65. The van der Waals surface area contributed by atoms with Crippen molar-refractivity contribution in [3.05, 3.63) is 24.3 Å². The van der Waals surface area contributed by atoms with E-state index in [1.807, 2.05) is 4.90 Å². The van der Waals surface area contributed by atoms with Gasteiger partial charge in [0.2, 0.25) is 11.8 Å². The van der Waals surface area contributed by atoms with Crippen LogP contribution in [0.3, 0.4) is 0 Å². The van der Waals surface area contributed by atoms with Crippen molar-refractivity contribution in [2.75, 3.05) is 13.1 Å². The summed E-state index contributed by atoms with van der Waals surface area (Å²) in [6.45, 7) is 7.64. The van der Waals surface area contributed by atoms with E-state index in [4.69, 9.17) is 0 Å². The first kappa shape index (κ1) is 16.4. The molecule has 1 aliphatic heterocycles. The van der Waals surface area contributed by atoms with E-state index in [0.29, 0.717) is 25.8 Å². The molecule has 1 aromatic heterocycles. The third-order valence-corrected chi connectivity index (χ3v) is 3.47. The quantitative estimate of drug-likeness (QED) is 0.886. The number of likely N-dealkylation sites (tertiary alicyclic amines) is 1. The lowest BCUT2D eigenvalue weighted by molar-refractivity contribution is -0.128. The summed E-state index contributed by atoms with van der Waals surface area (Å²) in [6, 6.07) is -0.0794. The zero-order valence-electron chi connectivity index (χ0n) is 13.5. The molecule has 120 valence electrons. The molecule has 1 saturated heterocycles. The highest BCUT2D eigenvalue weighted by Gasteiger charge is 2.32. The van der Waals surface area contributed by atoms with Gasteiger partial charge in [0.25, 0.3) is 0 Å². The molecule has 1 aliphatic rings. The maximum Gasteiger partial charge on any atom is 0.224 e. The monoisotopic (exact) mass is 304 g/mol.